The number of ether oxygens (including phenoxy) is 3. The molecule has 1 aliphatic heterocycles. The third-order valence-corrected chi connectivity index (χ3v) is 13.3. The zero-order chi connectivity index (χ0) is 42.8. The van der Waals surface area contributed by atoms with Crippen molar-refractivity contribution < 1.29 is 43.2 Å². The van der Waals surface area contributed by atoms with Gasteiger partial charge in [-0.05, 0) is 103 Å². The van der Waals surface area contributed by atoms with Crippen LogP contribution in [0.4, 0.5) is 4.39 Å². The Morgan fingerprint density at radius 1 is 0.984 bits per heavy atom. The molecule has 3 aromatic rings. The summed E-state index contributed by atoms with van der Waals surface area (Å²) < 4.78 is 35.2. The average molecular weight is 837 g/mol. The number of aldehydes is 1. The zero-order valence-electron chi connectivity index (χ0n) is 35.4. The lowest BCUT2D eigenvalue weighted by Crippen LogP contribution is -2.70. The van der Waals surface area contributed by atoms with Crippen LogP contribution in [0.25, 0.3) is 0 Å². The van der Waals surface area contributed by atoms with E-state index in [2.05, 4.69) is 12.7 Å². The molecule has 0 radical (unpaired) electrons. The van der Waals surface area contributed by atoms with Gasteiger partial charge in [0.05, 0.1) is 18.2 Å². The van der Waals surface area contributed by atoms with E-state index in [1.165, 1.54) is 32.1 Å². The molecule has 326 valence electrons. The number of fused-ring (bicyclic) bond motifs is 2. The number of carbonyl (C=O) groups is 2. The van der Waals surface area contributed by atoms with E-state index in [0.717, 1.165) is 67.9 Å². The molecule has 3 aliphatic carbocycles. The molecule has 11 heteroatoms. The van der Waals surface area contributed by atoms with E-state index in [9.17, 15) is 24.2 Å². The average Bonchev–Trinajstić information content (AvgIpc) is 3.80. The molecule has 2 N–H and O–H groups in total. The summed E-state index contributed by atoms with van der Waals surface area (Å²) in [5, 5.41) is 24.5. The van der Waals surface area contributed by atoms with Crippen LogP contribution in [-0.4, -0.2) is 71.8 Å². The van der Waals surface area contributed by atoms with Crippen LogP contribution in [0.2, 0.25) is 0 Å². The topological polar surface area (TPSA) is 127 Å². The number of oxime groups is 1. The van der Waals surface area contributed by atoms with Crippen molar-refractivity contribution in [3.8, 4) is 17.2 Å². The largest absolute Gasteiger partial charge is 0.459 e. The van der Waals surface area contributed by atoms with Gasteiger partial charge in [-0.25, -0.2) is 4.39 Å². The lowest BCUT2D eigenvalue weighted by molar-refractivity contribution is -0.258. The molecule has 2 fully saturated rings. The van der Waals surface area contributed by atoms with Gasteiger partial charge in [-0.1, -0.05) is 80.1 Å². The Morgan fingerprint density at radius 2 is 1.74 bits per heavy atom. The van der Waals surface area contributed by atoms with Gasteiger partial charge in [0.1, 0.15) is 42.5 Å². The Bertz CT molecular complexity index is 2030. The molecule has 4 aliphatic rings. The molecule has 0 saturated heterocycles. The number of aliphatic hydroxyl groups is 2. The second kappa shape index (κ2) is 20.8. The summed E-state index contributed by atoms with van der Waals surface area (Å²) in [5.41, 5.74) is 3.85. The quantitative estimate of drug-likeness (QED) is 0.0470. The molecule has 1 heterocycles. The SMILES string of the molecule is C=CCO[C@@]12Oc3ccc(Oc4cccc(C=O)c4)cc3[C@H]3[C@H](CCCCO)[C@@H](CCCCO)C=C(C(=NOC)C[C@@H]1N(Cc1ccc(F)cc1)C(=O)CCC1CCCC1)[C@H]32. The molecule has 2 saturated carbocycles. The highest BCUT2D eigenvalue weighted by atomic mass is 19.1. The Morgan fingerprint density at radius 3 is 2.46 bits per heavy atom. The monoisotopic (exact) mass is 836 g/mol. The Kier molecular flexibility index (Phi) is 15.1. The van der Waals surface area contributed by atoms with Crippen molar-refractivity contribution in [1.29, 1.82) is 0 Å². The molecule has 0 bridgehead atoms. The van der Waals surface area contributed by atoms with E-state index in [0.29, 0.717) is 53.7 Å². The molecule has 7 rings (SSSR count). The number of hydrogen-bond donors (Lipinski definition) is 2. The molecular formula is C50H61FN2O8. The summed E-state index contributed by atoms with van der Waals surface area (Å²) in [7, 11) is 1.54. The number of aliphatic hydroxyl groups excluding tert-OH is 2. The first-order valence-electron chi connectivity index (χ1n) is 22.2. The maximum atomic E-state index is 15.0. The summed E-state index contributed by atoms with van der Waals surface area (Å²) in [6.07, 6.45) is 15.4. The fraction of sp³-hybridized carbons (Fsp3) is 0.500. The number of amides is 1. The number of carbonyl (C=O) groups excluding carboxylic acids is 2. The molecule has 10 nitrogen and oxygen atoms in total. The second-order valence-corrected chi connectivity index (χ2v) is 17.1. The van der Waals surface area contributed by atoms with Gasteiger partial charge >= 0.3 is 0 Å². The van der Waals surface area contributed by atoms with Crippen LogP contribution in [0.5, 0.6) is 17.2 Å². The van der Waals surface area contributed by atoms with E-state index in [4.69, 9.17) is 24.2 Å². The predicted octanol–water partition coefficient (Wildman–Crippen LogP) is 9.69. The van der Waals surface area contributed by atoms with Crippen LogP contribution in [0.15, 0.2) is 96.2 Å². The van der Waals surface area contributed by atoms with Gasteiger partial charge in [-0.15, -0.1) is 6.58 Å². The molecule has 61 heavy (non-hydrogen) atoms. The van der Waals surface area contributed by atoms with Gasteiger partial charge in [0, 0.05) is 49.6 Å². The maximum absolute atomic E-state index is 15.0. The van der Waals surface area contributed by atoms with Crippen molar-refractivity contribution in [2.45, 2.75) is 108 Å². The number of hydrogen-bond acceptors (Lipinski definition) is 9. The number of rotatable bonds is 21. The van der Waals surface area contributed by atoms with Crippen molar-refractivity contribution in [3.63, 3.8) is 0 Å². The van der Waals surface area contributed by atoms with E-state index in [-0.39, 0.29) is 62.3 Å². The Hall–Kier alpha value is -4.84. The van der Waals surface area contributed by atoms with Crippen molar-refractivity contribution in [2.75, 3.05) is 26.9 Å². The maximum Gasteiger partial charge on any atom is 0.239 e. The summed E-state index contributed by atoms with van der Waals surface area (Å²) in [5.74, 6) is -0.207. The standard InChI is InChI=1S/C50H61FN2O8/c1-3-27-59-50-46(53(32-35-17-20-38(51)21-18-35)47(57)24-19-34-11-4-5-12-34)31-44(52-58-2)42-29-37(14-6-8-25-54)41(16-7-9-26-55)48(49(42)50)43-30-40(22-23-45(43)61-50)60-39-15-10-13-36(28-39)33-56/h3,10,13,15,17-18,20-23,28-30,33-34,37,41,46,48-49,54-55H,1,4-9,11-12,14,16,19,24-27,31-32H2,2H3/t37-,41+,46-,48+,49+,50+/m0/s1. The van der Waals surface area contributed by atoms with Crippen LogP contribution in [0, 0.1) is 29.5 Å². The highest BCUT2D eigenvalue weighted by Crippen LogP contribution is 2.62. The Labute approximate surface area is 359 Å². The van der Waals surface area contributed by atoms with Gasteiger partial charge < -0.3 is 34.2 Å². The van der Waals surface area contributed by atoms with Crippen LogP contribution in [0.1, 0.15) is 111 Å². The number of benzene rings is 3. The number of nitrogens with zero attached hydrogens (tertiary/aromatic N) is 2. The van der Waals surface area contributed by atoms with Gasteiger partial charge in [0.25, 0.3) is 0 Å². The fourth-order valence-corrected chi connectivity index (χ4v) is 10.5. The van der Waals surface area contributed by atoms with E-state index in [1.54, 1.807) is 36.4 Å². The minimum atomic E-state index is -1.42. The summed E-state index contributed by atoms with van der Waals surface area (Å²) in [6.45, 7) is 4.57. The first kappa shape index (κ1) is 44.2. The minimum Gasteiger partial charge on any atom is -0.459 e. The molecular weight excluding hydrogens is 776 g/mol. The fourth-order valence-electron chi connectivity index (χ4n) is 10.5. The van der Waals surface area contributed by atoms with Crippen molar-refractivity contribution in [3.05, 3.63) is 114 Å². The van der Waals surface area contributed by atoms with Crippen LogP contribution >= 0.6 is 0 Å². The summed E-state index contributed by atoms with van der Waals surface area (Å²) in [6, 6.07) is 18.4. The summed E-state index contributed by atoms with van der Waals surface area (Å²) in [4.78, 5) is 34.1. The molecule has 6 atom stereocenters. The van der Waals surface area contributed by atoms with Crippen LogP contribution in [0.3, 0.4) is 0 Å². The second-order valence-electron chi connectivity index (χ2n) is 17.1. The molecule has 1 amide bonds. The third-order valence-electron chi connectivity index (χ3n) is 13.3. The molecule has 0 aromatic heterocycles. The van der Waals surface area contributed by atoms with Gasteiger partial charge in [0.15, 0.2) is 0 Å². The number of allylic oxidation sites excluding steroid dienone is 1. The Balaban J connectivity index is 1.42. The van der Waals surface area contributed by atoms with E-state index < -0.39 is 17.7 Å². The van der Waals surface area contributed by atoms with Crippen molar-refractivity contribution in [2.24, 2.45) is 28.8 Å². The lowest BCUT2D eigenvalue weighted by atomic mass is 9.55. The highest BCUT2D eigenvalue weighted by molar-refractivity contribution is 6.03. The number of halogens is 1. The van der Waals surface area contributed by atoms with Crippen LogP contribution < -0.4 is 9.47 Å². The predicted molar refractivity (Wildman–Crippen MR) is 232 cm³/mol. The first-order chi connectivity index (χ1) is 29.8. The first-order valence-corrected chi connectivity index (χ1v) is 22.2. The minimum absolute atomic E-state index is 0.0311. The van der Waals surface area contributed by atoms with Gasteiger partial charge in [-0.2, -0.15) is 0 Å². The highest BCUT2D eigenvalue weighted by Gasteiger charge is 2.65. The van der Waals surface area contributed by atoms with Gasteiger partial charge in [0.2, 0.25) is 11.7 Å². The number of unbranched alkanes of at least 4 members (excludes halogenated alkanes) is 2. The normalized spacial score (nSPS) is 24.9. The molecule has 0 unspecified atom stereocenters. The zero-order valence-corrected chi connectivity index (χ0v) is 35.4. The van der Waals surface area contributed by atoms with Crippen LogP contribution in [-0.2, 0) is 20.9 Å². The summed E-state index contributed by atoms with van der Waals surface area (Å²) >= 11 is 0. The smallest absolute Gasteiger partial charge is 0.239 e. The molecule has 0 spiro atoms. The van der Waals surface area contributed by atoms with E-state index in [1.807, 2.05) is 29.2 Å². The van der Waals surface area contributed by atoms with Crippen molar-refractivity contribution >= 4 is 17.9 Å². The lowest BCUT2D eigenvalue weighted by Gasteiger charge is -2.60. The molecule has 3 aromatic carbocycles. The third kappa shape index (κ3) is 9.95. The van der Waals surface area contributed by atoms with E-state index >= 15 is 0 Å². The van der Waals surface area contributed by atoms with Crippen molar-refractivity contribution in [1.82, 2.24) is 4.90 Å². The van der Waals surface area contributed by atoms with Gasteiger partial charge in [-0.3, -0.25) is 9.59 Å².